The summed E-state index contributed by atoms with van der Waals surface area (Å²) in [5, 5.41) is 7.74. The molecular formula is C49H34S. The minimum atomic E-state index is 0.986. The molecule has 9 aromatic rings. The number of hydrogen-bond donors (Lipinski definition) is 1. The van der Waals surface area contributed by atoms with Crippen LogP contribution >= 0.6 is 12.6 Å². The lowest BCUT2D eigenvalue weighted by molar-refractivity contribution is 1.39. The van der Waals surface area contributed by atoms with Crippen LogP contribution in [-0.4, -0.2) is 0 Å². The van der Waals surface area contributed by atoms with Crippen LogP contribution in [0.25, 0.3) is 88.0 Å². The Morgan fingerprint density at radius 1 is 0.280 bits per heavy atom. The van der Waals surface area contributed by atoms with E-state index in [0.29, 0.717) is 0 Å². The van der Waals surface area contributed by atoms with Crippen molar-refractivity contribution in [2.24, 2.45) is 0 Å². The molecule has 1 heteroatoms. The van der Waals surface area contributed by atoms with Gasteiger partial charge in [-0.1, -0.05) is 164 Å². The zero-order chi connectivity index (χ0) is 33.6. The highest BCUT2D eigenvalue weighted by Crippen LogP contribution is 2.41. The van der Waals surface area contributed by atoms with Crippen LogP contribution < -0.4 is 0 Å². The van der Waals surface area contributed by atoms with Crippen molar-refractivity contribution in [3.63, 3.8) is 0 Å². The van der Waals surface area contributed by atoms with E-state index in [9.17, 15) is 0 Å². The van der Waals surface area contributed by atoms with Crippen LogP contribution in [0.5, 0.6) is 0 Å². The second kappa shape index (κ2) is 12.5. The van der Waals surface area contributed by atoms with Crippen LogP contribution in [0.4, 0.5) is 0 Å². The topological polar surface area (TPSA) is 0 Å². The van der Waals surface area contributed by atoms with Crippen LogP contribution in [-0.2, 0) is 0 Å². The Kier molecular flexibility index (Phi) is 7.57. The van der Waals surface area contributed by atoms with E-state index in [1.54, 1.807) is 0 Å². The molecule has 0 atom stereocenters. The monoisotopic (exact) mass is 654 g/mol. The van der Waals surface area contributed by atoms with Crippen molar-refractivity contribution in [3.05, 3.63) is 188 Å². The number of benzene rings is 9. The molecule has 0 fully saturated rings. The molecule has 0 aliphatic carbocycles. The third-order valence-corrected chi connectivity index (χ3v) is 10.6. The van der Waals surface area contributed by atoms with Gasteiger partial charge in [0.25, 0.3) is 0 Å². The molecule has 0 bridgehead atoms. The van der Waals surface area contributed by atoms with Gasteiger partial charge in [-0.05, 0) is 119 Å². The summed E-state index contributed by atoms with van der Waals surface area (Å²) in [6.45, 7) is 2.19. The van der Waals surface area contributed by atoms with E-state index in [4.69, 9.17) is 12.6 Å². The Bertz CT molecular complexity index is 2670. The van der Waals surface area contributed by atoms with Crippen LogP contribution in [0.1, 0.15) is 5.56 Å². The van der Waals surface area contributed by atoms with Crippen LogP contribution in [0.3, 0.4) is 0 Å². The molecule has 0 saturated heterocycles. The number of fused-ring (bicyclic) bond motifs is 6. The first-order valence-corrected chi connectivity index (χ1v) is 17.6. The van der Waals surface area contributed by atoms with E-state index in [2.05, 4.69) is 189 Å². The average molecular weight is 655 g/mol. The van der Waals surface area contributed by atoms with E-state index >= 15 is 0 Å². The Morgan fingerprint density at radius 2 is 0.720 bits per heavy atom. The third-order valence-electron chi connectivity index (χ3n) is 10.1. The predicted octanol–water partition coefficient (Wildman–Crippen LogP) is 14.1. The SMILES string of the molecule is Cc1ccc(-c2ccc3c4ccccc4c4ccccc4c3c2)cc1-c1cccc(-c2cccc(-c3ccc(-c4ccccc4)cc3)c2)c1S. The number of thiol groups is 1. The van der Waals surface area contributed by atoms with E-state index < -0.39 is 0 Å². The van der Waals surface area contributed by atoms with E-state index in [1.807, 2.05) is 0 Å². The molecule has 0 aliphatic rings. The molecule has 9 aromatic carbocycles. The van der Waals surface area contributed by atoms with Gasteiger partial charge < -0.3 is 0 Å². The quantitative estimate of drug-likeness (QED) is 0.139. The second-order valence-electron chi connectivity index (χ2n) is 13.1. The average Bonchev–Trinajstić information content (AvgIpc) is 3.19. The fourth-order valence-electron chi connectivity index (χ4n) is 7.52. The Hall–Kier alpha value is -5.89. The Morgan fingerprint density at radius 3 is 1.42 bits per heavy atom. The van der Waals surface area contributed by atoms with E-state index in [0.717, 1.165) is 21.6 Å². The van der Waals surface area contributed by atoms with Gasteiger partial charge in [-0.15, -0.1) is 12.6 Å². The highest BCUT2D eigenvalue weighted by Gasteiger charge is 2.14. The highest BCUT2D eigenvalue weighted by atomic mass is 32.1. The molecule has 0 aromatic heterocycles. The van der Waals surface area contributed by atoms with Crippen molar-refractivity contribution in [2.45, 2.75) is 11.8 Å². The number of rotatable bonds is 5. The molecule has 9 rings (SSSR count). The first kappa shape index (κ1) is 30.2. The van der Waals surface area contributed by atoms with Crippen molar-refractivity contribution < 1.29 is 0 Å². The Labute approximate surface area is 298 Å². The summed E-state index contributed by atoms with van der Waals surface area (Å²) in [7, 11) is 0. The summed E-state index contributed by atoms with van der Waals surface area (Å²) < 4.78 is 0. The lowest BCUT2D eigenvalue weighted by atomic mass is 9.90. The number of hydrogen-bond acceptors (Lipinski definition) is 1. The molecule has 0 saturated carbocycles. The van der Waals surface area contributed by atoms with Crippen LogP contribution in [0, 0.1) is 6.92 Å². The second-order valence-corrected chi connectivity index (χ2v) is 13.6. The summed E-state index contributed by atoms with van der Waals surface area (Å²) in [6, 6.07) is 66.0. The van der Waals surface area contributed by atoms with Gasteiger partial charge in [-0.3, -0.25) is 0 Å². The molecule has 0 heterocycles. The molecule has 0 spiro atoms. The Balaban J connectivity index is 1.10. The normalized spacial score (nSPS) is 11.4. The van der Waals surface area contributed by atoms with E-state index in [-0.39, 0.29) is 0 Å². The maximum Gasteiger partial charge on any atom is 0.0197 e. The molecule has 0 unspecified atom stereocenters. The van der Waals surface area contributed by atoms with Gasteiger partial charge in [0.2, 0.25) is 0 Å². The molecular weight excluding hydrogens is 621 g/mol. The lowest BCUT2D eigenvalue weighted by Gasteiger charge is -2.16. The molecule has 236 valence electrons. The van der Waals surface area contributed by atoms with Crippen molar-refractivity contribution >= 4 is 44.9 Å². The predicted molar refractivity (Wildman–Crippen MR) is 218 cm³/mol. The van der Waals surface area contributed by atoms with E-state index in [1.165, 1.54) is 76.8 Å². The molecule has 0 N–H and O–H groups in total. The maximum atomic E-state index is 5.20. The molecule has 50 heavy (non-hydrogen) atoms. The van der Waals surface area contributed by atoms with Gasteiger partial charge in [0, 0.05) is 4.90 Å². The third kappa shape index (κ3) is 5.28. The van der Waals surface area contributed by atoms with Gasteiger partial charge in [0.05, 0.1) is 0 Å². The van der Waals surface area contributed by atoms with Gasteiger partial charge >= 0.3 is 0 Å². The fourth-order valence-corrected chi connectivity index (χ4v) is 7.92. The van der Waals surface area contributed by atoms with Crippen molar-refractivity contribution in [1.82, 2.24) is 0 Å². The zero-order valence-corrected chi connectivity index (χ0v) is 28.7. The first-order chi connectivity index (χ1) is 24.6. The summed E-state index contributed by atoms with van der Waals surface area (Å²) in [4.78, 5) is 0.986. The lowest BCUT2D eigenvalue weighted by Crippen LogP contribution is -1.91. The minimum Gasteiger partial charge on any atom is -0.142 e. The summed E-state index contributed by atoms with van der Waals surface area (Å²) in [6.07, 6.45) is 0. The number of aryl methyl sites for hydroxylation is 1. The first-order valence-electron chi connectivity index (χ1n) is 17.2. The largest absolute Gasteiger partial charge is 0.142 e. The maximum absolute atomic E-state index is 5.20. The standard InChI is InChI=1S/C49H34S/c1-32-21-22-37(38-27-28-45-43-17-6-5-15-41(43)42-16-7-8-18-44(42)48(45)31-38)30-47(32)46-20-10-19-40(49(46)50)39-14-9-13-36(29-39)35-25-23-34(24-26-35)33-11-3-2-4-12-33/h2-31,50H,1H3. The highest BCUT2D eigenvalue weighted by molar-refractivity contribution is 7.80. The van der Waals surface area contributed by atoms with Gasteiger partial charge in [-0.25, -0.2) is 0 Å². The summed E-state index contributed by atoms with van der Waals surface area (Å²) >= 11 is 5.20. The molecule has 0 amide bonds. The fraction of sp³-hybridized carbons (Fsp3) is 0.0204. The van der Waals surface area contributed by atoms with Crippen molar-refractivity contribution in [1.29, 1.82) is 0 Å². The summed E-state index contributed by atoms with van der Waals surface area (Å²) in [5.74, 6) is 0. The molecule has 0 nitrogen and oxygen atoms in total. The smallest absolute Gasteiger partial charge is 0.0197 e. The zero-order valence-electron chi connectivity index (χ0n) is 27.8. The van der Waals surface area contributed by atoms with Gasteiger partial charge in [-0.2, -0.15) is 0 Å². The summed E-state index contributed by atoms with van der Waals surface area (Å²) in [5.41, 5.74) is 13.1. The van der Waals surface area contributed by atoms with Crippen LogP contribution in [0.2, 0.25) is 0 Å². The van der Waals surface area contributed by atoms with Gasteiger partial charge in [0.15, 0.2) is 0 Å². The van der Waals surface area contributed by atoms with Crippen molar-refractivity contribution in [2.75, 3.05) is 0 Å². The minimum absolute atomic E-state index is 0.986. The molecule has 0 aliphatic heterocycles. The van der Waals surface area contributed by atoms with Gasteiger partial charge in [0.1, 0.15) is 0 Å². The molecule has 0 radical (unpaired) electrons. The van der Waals surface area contributed by atoms with Crippen LogP contribution in [0.15, 0.2) is 187 Å². The van der Waals surface area contributed by atoms with Crippen molar-refractivity contribution in [3.8, 4) is 55.6 Å².